The third-order valence-electron chi connectivity index (χ3n) is 4.90. The highest BCUT2D eigenvalue weighted by molar-refractivity contribution is 5.53. The molecule has 0 spiro atoms. The van der Waals surface area contributed by atoms with Crippen molar-refractivity contribution in [2.45, 2.75) is 25.7 Å². The lowest BCUT2D eigenvalue weighted by molar-refractivity contribution is 0.367. The Balaban J connectivity index is 1.71. The van der Waals surface area contributed by atoms with E-state index in [0.717, 1.165) is 0 Å². The van der Waals surface area contributed by atoms with Crippen molar-refractivity contribution in [1.29, 1.82) is 0 Å². The average Bonchev–Trinajstić information content (AvgIpc) is 2.69. The molecular weight excluding hydrogens is 392 g/mol. The van der Waals surface area contributed by atoms with E-state index in [1.165, 1.54) is 36.4 Å². The zero-order valence-electron chi connectivity index (χ0n) is 15.9. The van der Waals surface area contributed by atoms with E-state index in [-0.39, 0.29) is 11.5 Å². The van der Waals surface area contributed by atoms with Gasteiger partial charge in [-0.2, -0.15) is 0 Å². The van der Waals surface area contributed by atoms with Gasteiger partial charge in [-0.05, 0) is 84.3 Å². The Morgan fingerprint density at radius 1 is 0.367 bits per heavy atom. The minimum atomic E-state index is -0.598. The third kappa shape index (κ3) is 4.38. The number of aromatic hydroxyl groups is 8. The Kier molecular flexibility index (Phi) is 5.68. The van der Waals surface area contributed by atoms with E-state index in [1.807, 2.05) is 0 Å². The fourth-order valence-electron chi connectivity index (χ4n) is 3.23. The normalized spacial score (nSPS) is 10.9. The quantitative estimate of drug-likeness (QED) is 0.225. The molecule has 3 aromatic rings. The first kappa shape index (κ1) is 20.8. The second-order valence-corrected chi connectivity index (χ2v) is 7.07. The van der Waals surface area contributed by atoms with Gasteiger partial charge in [-0.1, -0.05) is 0 Å². The summed E-state index contributed by atoms with van der Waals surface area (Å²) in [6, 6.07) is 8.09. The highest BCUT2D eigenvalue weighted by atomic mass is 16.3. The van der Waals surface area contributed by atoms with Crippen LogP contribution >= 0.6 is 0 Å². The van der Waals surface area contributed by atoms with Crippen LogP contribution in [0.25, 0.3) is 0 Å². The van der Waals surface area contributed by atoms with Crippen molar-refractivity contribution in [2.24, 2.45) is 0 Å². The summed E-state index contributed by atoms with van der Waals surface area (Å²) in [7, 11) is 0. The van der Waals surface area contributed by atoms with Crippen molar-refractivity contribution in [3.05, 3.63) is 58.7 Å². The maximum Gasteiger partial charge on any atom is 0.200 e. The Morgan fingerprint density at radius 2 is 0.667 bits per heavy atom. The van der Waals surface area contributed by atoms with E-state index in [9.17, 15) is 40.9 Å². The van der Waals surface area contributed by atoms with Gasteiger partial charge in [-0.15, -0.1) is 0 Å². The Hall–Kier alpha value is -3.94. The van der Waals surface area contributed by atoms with E-state index >= 15 is 0 Å². The van der Waals surface area contributed by atoms with Crippen LogP contribution in [0.15, 0.2) is 36.4 Å². The molecule has 0 saturated carbocycles. The van der Waals surface area contributed by atoms with Gasteiger partial charge >= 0.3 is 0 Å². The van der Waals surface area contributed by atoms with Crippen LogP contribution in [0.5, 0.6) is 46.0 Å². The Morgan fingerprint density at radius 3 is 0.967 bits per heavy atom. The Labute approximate surface area is 171 Å². The van der Waals surface area contributed by atoms with Gasteiger partial charge in [-0.3, -0.25) is 0 Å². The van der Waals surface area contributed by atoms with E-state index in [2.05, 4.69) is 0 Å². The van der Waals surface area contributed by atoms with Gasteiger partial charge in [0, 0.05) is 0 Å². The predicted molar refractivity (Wildman–Crippen MR) is 107 cm³/mol. The maximum atomic E-state index is 10.3. The molecule has 0 unspecified atom stereocenters. The molecule has 0 aliphatic carbocycles. The smallest absolute Gasteiger partial charge is 0.200 e. The summed E-state index contributed by atoms with van der Waals surface area (Å²) in [4.78, 5) is 0. The van der Waals surface area contributed by atoms with Gasteiger partial charge in [0.2, 0.25) is 0 Å². The molecule has 0 aromatic heterocycles. The predicted octanol–water partition coefficient (Wildman–Crippen LogP) is 2.90. The number of phenolic OH excluding ortho intramolecular Hbond substituents is 8. The maximum absolute atomic E-state index is 10.3. The molecule has 0 fully saturated rings. The highest BCUT2D eigenvalue weighted by Crippen LogP contribution is 2.37. The van der Waals surface area contributed by atoms with Crippen molar-refractivity contribution < 1.29 is 40.9 Å². The lowest BCUT2D eigenvalue weighted by atomic mass is 9.98. The zero-order chi connectivity index (χ0) is 22.0. The summed E-state index contributed by atoms with van der Waals surface area (Å²) in [5.41, 5.74) is 2.00. The van der Waals surface area contributed by atoms with Crippen LogP contribution in [0.1, 0.15) is 22.3 Å². The number of hydrogen-bond acceptors (Lipinski definition) is 8. The summed E-state index contributed by atoms with van der Waals surface area (Å²) in [6.45, 7) is 0. The second kappa shape index (κ2) is 8.20. The molecule has 0 aliphatic rings. The molecule has 0 aliphatic heterocycles. The molecule has 30 heavy (non-hydrogen) atoms. The zero-order valence-corrected chi connectivity index (χ0v) is 15.9. The van der Waals surface area contributed by atoms with Crippen molar-refractivity contribution in [2.75, 3.05) is 0 Å². The van der Waals surface area contributed by atoms with E-state index < -0.39 is 34.5 Å². The van der Waals surface area contributed by atoms with Gasteiger partial charge in [0.05, 0.1) is 0 Å². The van der Waals surface area contributed by atoms with Crippen molar-refractivity contribution in [3.63, 3.8) is 0 Å². The molecule has 0 amide bonds. The standard InChI is InChI=1S/C22H22O8/c23-15-10-14(4-2-12-7-19(27)22(30)20(28)8-12)16(24)9-13(15)3-1-11-5-17(25)21(29)18(26)6-11/h5-10,23-30H,1-4H2. The first-order valence-corrected chi connectivity index (χ1v) is 9.17. The first-order chi connectivity index (χ1) is 14.2. The highest BCUT2D eigenvalue weighted by Gasteiger charge is 2.13. The lowest BCUT2D eigenvalue weighted by Gasteiger charge is -2.12. The van der Waals surface area contributed by atoms with Crippen molar-refractivity contribution >= 4 is 0 Å². The summed E-state index contributed by atoms with van der Waals surface area (Å²) in [5.74, 6) is -3.05. The van der Waals surface area contributed by atoms with Crippen molar-refractivity contribution in [1.82, 2.24) is 0 Å². The largest absolute Gasteiger partial charge is 0.508 e. The monoisotopic (exact) mass is 414 g/mol. The number of benzene rings is 3. The fourth-order valence-corrected chi connectivity index (χ4v) is 3.23. The van der Waals surface area contributed by atoms with E-state index in [1.54, 1.807) is 0 Å². The number of aryl methyl sites for hydroxylation is 4. The number of phenols is 8. The van der Waals surface area contributed by atoms with Crippen LogP contribution in [0.4, 0.5) is 0 Å². The van der Waals surface area contributed by atoms with E-state index in [4.69, 9.17) is 0 Å². The van der Waals surface area contributed by atoms with Crippen LogP contribution < -0.4 is 0 Å². The molecule has 3 rings (SSSR count). The van der Waals surface area contributed by atoms with Gasteiger partial charge in [0.15, 0.2) is 34.5 Å². The van der Waals surface area contributed by atoms with Gasteiger partial charge < -0.3 is 40.9 Å². The fraction of sp³-hybridized carbons (Fsp3) is 0.182. The molecule has 158 valence electrons. The lowest BCUT2D eigenvalue weighted by Crippen LogP contribution is -1.96. The summed E-state index contributed by atoms with van der Waals surface area (Å²) in [6.07, 6.45) is 1.28. The third-order valence-corrected chi connectivity index (χ3v) is 4.90. The molecule has 8 nitrogen and oxygen atoms in total. The van der Waals surface area contributed by atoms with Crippen LogP contribution in [0, 0.1) is 0 Å². The van der Waals surface area contributed by atoms with Gasteiger partial charge in [0.25, 0.3) is 0 Å². The van der Waals surface area contributed by atoms with Crippen LogP contribution in [0.3, 0.4) is 0 Å². The second-order valence-electron chi connectivity index (χ2n) is 7.07. The first-order valence-electron chi connectivity index (χ1n) is 9.17. The molecular formula is C22H22O8. The molecule has 0 atom stereocenters. The molecule has 0 radical (unpaired) electrons. The van der Waals surface area contributed by atoms with E-state index in [0.29, 0.717) is 47.9 Å². The number of rotatable bonds is 6. The molecule has 8 heteroatoms. The summed E-state index contributed by atoms with van der Waals surface area (Å²) >= 11 is 0. The summed E-state index contributed by atoms with van der Waals surface area (Å²) < 4.78 is 0. The van der Waals surface area contributed by atoms with Crippen LogP contribution in [-0.2, 0) is 25.7 Å². The van der Waals surface area contributed by atoms with Gasteiger partial charge in [-0.25, -0.2) is 0 Å². The minimum absolute atomic E-state index is 0.0357. The minimum Gasteiger partial charge on any atom is -0.508 e. The summed E-state index contributed by atoms with van der Waals surface area (Å²) in [5, 5.41) is 77.7. The molecule has 0 saturated heterocycles. The van der Waals surface area contributed by atoms with Crippen molar-refractivity contribution in [3.8, 4) is 46.0 Å². The van der Waals surface area contributed by atoms with Crippen LogP contribution in [-0.4, -0.2) is 40.9 Å². The van der Waals surface area contributed by atoms with Gasteiger partial charge in [0.1, 0.15) is 11.5 Å². The van der Waals surface area contributed by atoms with Crippen LogP contribution in [0.2, 0.25) is 0 Å². The Bertz CT molecular complexity index is 957. The molecule has 0 heterocycles. The topological polar surface area (TPSA) is 162 Å². The number of hydrogen-bond donors (Lipinski definition) is 8. The molecule has 3 aromatic carbocycles. The molecule has 0 bridgehead atoms. The molecule has 8 N–H and O–H groups in total. The SMILES string of the molecule is Oc1cc(CCc2cc(O)c(O)c(O)c2)c(O)cc1CCc1cc(O)c(O)c(O)c1. The average molecular weight is 414 g/mol.